The molecule has 3 aliphatic rings. The number of benzene rings is 2. The molecule has 0 aromatic heterocycles. The van der Waals surface area contributed by atoms with Crippen molar-refractivity contribution in [2.45, 2.75) is 45.0 Å². The summed E-state index contributed by atoms with van der Waals surface area (Å²) in [5, 5.41) is 16.6. The maximum atomic E-state index is 13.6. The number of aliphatic hydroxyl groups excluding tert-OH is 1. The van der Waals surface area contributed by atoms with Crippen molar-refractivity contribution in [2.24, 2.45) is 11.8 Å². The Morgan fingerprint density at radius 1 is 1.09 bits per heavy atom. The van der Waals surface area contributed by atoms with Gasteiger partial charge in [-0.15, -0.1) is 0 Å². The lowest BCUT2D eigenvalue weighted by atomic mass is 9.76. The van der Waals surface area contributed by atoms with Crippen LogP contribution >= 0.6 is 0 Å². The van der Waals surface area contributed by atoms with Gasteiger partial charge in [0, 0.05) is 17.3 Å². The van der Waals surface area contributed by atoms with Crippen LogP contribution in [0.25, 0.3) is 0 Å². The second kappa shape index (κ2) is 6.95. The molecule has 1 spiro atoms. The molecule has 5 rings (SSSR count). The molecular formula is C24H24FN3O4. The fraction of sp³-hybridized carbons (Fsp3) is 0.375. The zero-order chi connectivity index (χ0) is 22.9. The Kier molecular flexibility index (Phi) is 4.51. The van der Waals surface area contributed by atoms with E-state index in [0.29, 0.717) is 16.8 Å². The molecule has 3 N–H and O–H groups in total. The molecule has 8 heteroatoms. The number of amides is 3. The van der Waals surface area contributed by atoms with Gasteiger partial charge in [0.2, 0.25) is 17.7 Å². The summed E-state index contributed by atoms with van der Waals surface area (Å²) in [7, 11) is 0. The number of likely N-dealkylation sites (tertiary alicyclic amines) is 1. The van der Waals surface area contributed by atoms with Crippen molar-refractivity contribution in [2.75, 3.05) is 5.32 Å². The first-order chi connectivity index (χ1) is 15.2. The lowest BCUT2D eigenvalue weighted by Gasteiger charge is -2.30. The van der Waals surface area contributed by atoms with Crippen LogP contribution in [-0.2, 0) is 26.5 Å². The number of carbonyl (C=O) groups is 3. The first-order valence-corrected chi connectivity index (χ1v) is 10.6. The minimum absolute atomic E-state index is 0.0189. The van der Waals surface area contributed by atoms with Crippen LogP contribution < -0.4 is 10.6 Å². The van der Waals surface area contributed by atoms with E-state index in [-0.39, 0.29) is 6.54 Å². The summed E-state index contributed by atoms with van der Waals surface area (Å²) in [5.74, 6) is -3.60. The van der Waals surface area contributed by atoms with Gasteiger partial charge in [-0.1, -0.05) is 24.3 Å². The molecule has 5 atom stereocenters. The van der Waals surface area contributed by atoms with Crippen molar-refractivity contribution < 1.29 is 23.9 Å². The number of nitrogens with zero attached hydrogens (tertiary/aromatic N) is 1. The number of hydrogen-bond acceptors (Lipinski definition) is 5. The highest BCUT2D eigenvalue weighted by atomic mass is 19.1. The van der Waals surface area contributed by atoms with Crippen LogP contribution in [0.2, 0.25) is 0 Å². The summed E-state index contributed by atoms with van der Waals surface area (Å²) in [6, 6.07) is 8.52. The number of carbonyl (C=O) groups excluding carboxylic acids is 3. The molecule has 0 unspecified atom stereocenters. The molecule has 0 radical (unpaired) electrons. The lowest BCUT2D eigenvalue weighted by Crippen LogP contribution is -2.54. The first-order valence-electron chi connectivity index (χ1n) is 10.6. The Labute approximate surface area is 184 Å². The standard InChI is InChI=1S/C24H24FN3O4/c1-11-4-9-16-19(12(11)2)26-23(32)24(16)18-17(20(27-24)13(3)29)21(30)28(22(18)31)10-14-5-7-15(25)8-6-14/h4-9,13,17-18,20,27,29H,10H2,1-3H3,(H,26,32)/t13-,17-,18-,20-,24+/m0/s1. The van der Waals surface area contributed by atoms with Crippen LogP contribution in [-0.4, -0.2) is 39.9 Å². The van der Waals surface area contributed by atoms with Gasteiger partial charge in [-0.2, -0.15) is 0 Å². The molecule has 32 heavy (non-hydrogen) atoms. The zero-order valence-corrected chi connectivity index (χ0v) is 18.0. The number of anilines is 1. The molecule has 2 aromatic carbocycles. The number of fused-ring (bicyclic) bond motifs is 4. The van der Waals surface area contributed by atoms with Crippen LogP contribution in [0.15, 0.2) is 36.4 Å². The van der Waals surface area contributed by atoms with E-state index in [4.69, 9.17) is 0 Å². The monoisotopic (exact) mass is 437 g/mol. The van der Waals surface area contributed by atoms with Crippen molar-refractivity contribution in [1.29, 1.82) is 0 Å². The maximum Gasteiger partial charge on any atom is 0.250 e. The molecule has 2 aromatic rings. The van der Waals surface area contributed by atoms with Crippen molar-refractivity contribution >= 4 is 23.4 Å². The van der Waals surface area contributed by atoms with Gasteiger partial charge < -0.3 is 10.4 Å². The fourth-order valence-corrected chi connectivity index (χ4v) is 5.45. The summed E-state index contributed by atoms with van der Waals surface area (Å²) in [6.07, 6.45) is -0.965. The Bertz CT molecular complexity index is 1160. The SMILES string of the molecule is Cc1ccc2c(c1C)NC(=O)[C@@]21N[C@@H]([C@H](C)O)[C@H]2C(=O)N(Cc3ccc(F)cc3)C(=O)[C@H]21. The molecule has 3 aliphatic heterocycles. The number of aliphatic hydroxyl groups is 1. The number of imide groups is 1. The molecule has 7 nitrogen and oxygen atoms in total. The topological polar surface area (TPSA) is 98.7 Å². The van der Waals surface area contributed by atoms with E-state index >= 15 is 0 Å². The summed E-state index contributed by atoms with van der Waals surface area (Å²) in [6.45, 7) is 5.36. The number of rotatable bonds is 3. The number of nitrogens with one attached hydrogen (secondary N) is 2. The average molecular weight is 437 g/mol. The summed E-state index contributed by atoms with van der Waals surface area (Å²) in [4.78, 5) is 41.6. The Morgan fingerprint density at radius 2 is 1.78 bits per heavy atom. The molecule has 3 heterocycles. The molecule has 0 saturated carbocycles. The van der Waals surface area contributed by atoms with E-state index in [1.54, 1.807) is 6.92 Å². The van der Waals surface area contributed by atoms with Gasteiger partial charge in [-0.3, -0.25) is 24.6 Å². The van der Waals surface area contributed by atoms with Crippen LogP contribution in [0.3, 0.4) is 0 Å². The molecular weight excluding hydrogens is 413 g/mol. The van der Waals surface area contributed by atoms with Gasteiger partial charge in [0.15, 0.2) is 0 Å². The Morgan fingerprint density at radius 3 is 2.44 bits per heavy atom. The summed E-state index contributed by atoms with van der Waals surface area (Å²) < 4.78 is 13.3. The Balaban J connectivity index is 1.62. The largest absolute Gasteiger partial charge is 0.392 e. The maximum absolute atomic E-state index is 13.6. The number of hydrogen-bond donors (Lipinski definition) is 3. The third kappa shape index (κ3) is 2.63. The van der Waals surface area contributed by atoms with Gasteiger partial charge in [0.05, 0.1) is 24.5 Å². The number of aryl methyl sites for hydroxylation is 1. The fourth-order valence-electron chi connectivity index (χ4n) is 5.45. The quantitative estimate of drug-likeness (QED) is 0.636. The lowest BCUT2D eigenvalue weighted by molar-refractivity contribution is -0.143. The van der Waals surface area contributed by atoms with Crippen LogP contribution in [0.4, 0.5) is 10.1 Å². The van der Waals surface area contributed by atoms with Crippen molar-refractivity contribution in [1.82, 2.24) is 10.2 Å². The van der Waals surface area contributed by atoms with Gasteiger partial charge in [-0.25, -0.2) is 4.39 Å². The second-order valence-electron chi connectivity index (χ2n) is 9.00. The van der Waals surface area contributed by atoms with Crippen LogP contribution in [0.1, 0.15) is 29.2 Å². The van der Waals surface area contributed by atoms with E-state index in [1.807, 2.05) is 26.0 Å². The minimum Gasteiger partial charge on any atom is -0.392 e. The third-order valence-corrected chi connectivity index (χ3v) is 7.22. The van der Waals surface area contributed by atoms with Gasteiger partial charge >= 0.3 is 0 Å². The first kappa shape index (κ1) is 20.8. The van der Waals surface area contributed by atoms with E-state index in [1.165, 1.54) is 24.3 Å². The van der Waals surface area contributed by atoms with Crippen molar-refractivity contribution in [3.05, 3.63) is 64.5 Å². The van der Waals surface area contributed by atoms with E-state index in [0.717, 1.165) is 16.0 Å². The van der Waals surface area contributed by atoms with Crippen molar-refractivity contribution in [3.8, 4) is 0 Å². The van der Waals surface area contributed by atoms with E-state index in [2.05, 4.69) is 10.6 Å². The highest BCUT2D eigenvalue weighted by molar-refractivity contribution is 6.15. The molecule has 166 valence electrons. The zero-order valence-electron chi connectivity index (χ0n) is 18.0. The minimum atomic E-state index is -1.44. The highest BCUT2D eigenvalue weighted by Gasteiger charge is 2.71. The smallest absolute Gasteiger partial charge is 0.250 e. The molecule has 3 amide bonds. The summed E-state index contributed by atoms with van der Waals surface area (Å²) in [5.41, 5.74) is 2.32. The van der Waals surface area contributed by atoms with Crippen LogP contribution in [0, 0.1) is 31.5 Å². The molecule has 2 saturated heterocycles. The second-order valence-corrected chi connectivity index (χ2v) is 9.00. The molecule has 0 aliphatic carbocycles. The number of halogens is 1. The van der Waals surface area contributed by atoms with E-state index < -0.39 is 53.1 Å². The Hall–Kier alpha value is -3.10. The third-order valence-electron chi connectivity index (χ3n) is 7.22. The van der Waals surface area contributed by atoms with Gasteiger partial charge in [0.1, 0.15) is 11.4 Å². The van der Waals surface area contributed by atoms with E-state index in [9.17, 15) is 23.9 Å². The normalized spacial score (nSPS) is 29.5. The van der Waals surface area contributed by atoms with Gasteiger partial charge in [-0.05, 0) is 49.6 Å². The summed E-state index contributed by atoms with van der Waals surface area (Å²) >= 11 is 0. The molecule has 0 bridgehead atoms. The average Bonchev–Trinajstić information content (AvgIpc) is 3.34. The van der Waals surface area contributed by atoms with Gasteiger partial charge in [0.25, 0.3) is 0 Å². The van der Waals surface area contributed by atoms with Crippen LogP contribution in [0.5, 0.6) is 0 Å². The molecule has 2 fully saturated rings. The highest BCUT2D eigenvalue weighted by Crippen LogP contribution is 2.54. The predicted molar refractivity (Wildman–Crippen MR) is 114 cm³/mol. The van der Waals surface area contributed by atoms with Crippen molar-refractivity contribution in [3.63, 3.8) is 0 Å². The predicted octanol–water partition coefficient (Wildman–Crippen LogP) is 1.74.